The molecule has 2 aromatic carbocycles. The van der Waals surface area contributed by atoms with E-state index in [2.05, 4.69) is 30.1 Å². The van der Waals surface area contributed by atoms with Crippen LogP contribution in [0.25, 0.3) is 0 Å². The van der Waals surface area contributed by atoms with Crippen molar-refractivity contribution in [3.63, 3.8) is 0 Å². The summed E-state index contributed by atoms with van der Waals surface area (Å²) in [4.78, 5) is 36.2. The van der Waals surface area contributed by atoms with Gasteiger partial charge < -0.3 is 15.1 Å². The Bertz CT molecular complexity index is 1280. The molecule has 35 heavy (non-hydrogen) atoms. The van der Waals surface area contributed by atoms with Crippen LogP contribution in [0.5, 0.6) is 0 Å². The Hall–Kier alpha value is -3.45. The number of rotatable bonds is 7. The molecule has 0 unspecified atom stereocenters. The van der Waals surface area contributed by atoms with Gasteiger partial charge in [-0.2, -0.15) is 0 Å². The summed E-state index contributed by atoms with van der Waals surface area (Å²) in [5.74, 6) is -0.372. The van der Waals surface area contributed by atoms with Crippen molar-refractivity contribution in [3.05, 3.63) is 69.4 Å². The predicted molar refractivity (Wildman–Crippen MR) is 147 cm³/mol. The number of aliphatic imine (C=N–C) groups is 1. The fraction of sp³-hybridized carbons (Fsp3) is 0.321. The Morgan fingerprint density at radius 2 is 1.80 bits per heavy atom. The van der Waals surface area contributed by atoms with Gasteiger partial charge in [-0.1, -0.05) is 6.07 Å². The van der Waals surface area contributed by atoms with Gasteiger partial charge in [-0.25, -0.2) is 4.99 Å². The minimum absolute atomic E-state index is 0.0706. The van der Waals surface area contributed by atoms with Gasteiger partial charge >= 0.3 is 0 Å². The summed E-state index contributed by atoms with van der Waals surface area (Å²) in [7, 11) is 0. The third-order valence-electron chi connectivity index (χ3n) is 6.48. The van der Waals surface area contributed by atoms with E-state index in [-0.39, 0.29) is 24.8 Å². The van der Waals surface area contributed by atoms with Crippen LogP contribution in [-0.2, 0) is 9.59 Å². The van der Waals surface area contributed by atoms with E-state index in [1.165, 1.54) is 0 Å². The molecule has 1 aliphatic heterocycles. The maximum Gasteiger partial charge on any atom is 0.244 e. The van der Waals surface area contributed by atoms with Crippen LogP contribution in [0.15, 0.2) is 52.8 Å². The molecule has 0 bridgehead atoms. The predicted octanol–water partition coefficient (Wildman–Crippen LogP) is 6.02. The minimum atomic E-state index is -0.235. The lowest BCUT2D eigenvalue weighted by atomic mass is 10.1. The van der Waals surface area contributed by atoms with Crippen LogP contribution >= 0.6 is 11.3 Å². The normalized spacial score (nSPS) is 13.2. The van der Waals surface area contributed by atoms with Gasteiger partial charge in [0.25, 0.3) is 0 Å². The summed E-state index contributed by atoms with van der Waals surface area (Å²) < 4.78 is 0. The molecule has 1 N–H and O–H groups in total. The Balaban J connectivity index is 1.59. The molecule has 0 spiro atoms. The van der Waals surface area contributed by atoms with E-state index in [4.69, 9.17) is 4.99 Å². The number of nitrogens with zero attached hydrogens (tertiary/aromatic N) is 3. The molecular formula is C28H32N4O2S. The Labute approximate surface area is 211 Å². The zero-order chi connectivity index (χ0) is 25.1. The first-order valence-electron chi connectivity index (χ1n) is 12.0. The van der Waals surface area contributed by atoms with Crippen LogP contribution in [0.1, 0.15) is 41.8 Å². The highest BCUT2D eigenvalue weighted by Crippen LogP contribution is 2.36. The quantitative estimate of drug-likeness (QED) is 0.443. The molecule has 182 valence electrons. The van der Waals surface area contributed by atoms with Crippen LogP contribution in [0.3, 0.4) is 0 Å². The van der Waals surface area contributed by atoms with Crippen molar-refractivity contribution in [1.29, 1.82) is 0 Å². The highest BCUT2D eigenvalue weighted by molar-refractivity contribution is 7.12. The van der Waals surface area contributed by atoms with Crippen LogP contribution in [0.2, 0.25) is 0 Å². The standard InChI is InChI=1S/C28H32N4O2S/c1-6-31(7-2)21-10-11-22(20(5)13-21)30-27(33)17-32-25-15-19(4)18(3)14-23(25)29-24(16-28(32)34)26-9-8-12-35-26/h8-15H,6-7,16-17H2,1-5H3,(H,30,33). The maximum absolute atomic E-state index is 13.4. The number of nitrogens with one attached hydrogen (secondary N) is 1. The topological polar surface area (TPSA) is 65.0 Å². The van der Waals surface area contributed by atoms with E-state index in [0.717, 1.165) is 57.4 Å². The molecule has 0 fully saturated rings. The van der Waals surface area contributed by atoms with Gasteiger partial charge in [-0.15, -0.1) is 11.3 Å². The summed E-state index contributed by atoms with van der Waals surface area (Å²) in [6.07, 6.45) is 0.151. The number of fused-ring (bicyclic) bond motifs is 1. The summed E-state index contributed by atoms with van der Waals surface area (Å²) in [6.45, 7) is 12.1. The molecule has 3 aromatic rings. The molecule has 2 heterocycles. The van der Waals surface area contributed by atoms with Gasteiger partial charge in [0.15, 0.2) is 0 Å². The first-order chi connectivity index (χ1) is 16.8. The van der Waals surface area contributed by atoms with Crippen molar-refractivity contribution in [2.45, 2.75) is 41.0 Å². The first kappa shape index (κ1) is 24.7. The molecule has 0 aliphatic carbocycles. The number of aryl methyl sites for hydroxylation is 3. The monoisotopic (exact) mass is 488 g/mol. The number of thiophene rings is 1. The van der Waals surface area contributed by atoms with E-state index >= 15 is 0 Å². The molecule has 2 amide bonds. The summed E-state index contributed by atoms with van der Waals surface area (Å²) >= 11 is 1.56. The van der Waals surface area contributed by atoms with Crippen LogP contribution in [0.4, 0.5) is 22.7 Å². The lowest BCUT2D eigenvalue weighted by Gasteiger charge is -2.24. The van der Waals surface area contributed by atoms with E-state index in [1.54, 1.807) is 16.2 Å². The number of hydrogen-bond acceptors (Lipinski definition) is 5. The number of carbonyl (C=O) groups excluding carboxylic acids is 2. The first-order valence-corrected chi connectivity index (χ1v) is 12.9. The highest BCUT2D eigenvalue weighted by atomic mass is 32.1. The second-order valence-corrected chi connectivity index (χ2v) is 9.79. The Morgan fingerprint density at radius 3 is 2.46 bits per heavy atom. The SMILES string of the molecule is CCN(CC)c1ccc(NC(=O)CN2C(=O)CC(c3cccs3)=Nc3cc(C)c(C)cc32)c(C)c1. The number of hydrogen-bond donors (Lipinski definition) is 1. The van der Waals surface area contributed by atoms with Crippen molar-refractivity contribution in [2.75, 3.05) is 34.8 Å². The lowest BCUT2D eigenvalue weighted by molar-refractivity contribution is -0.120. The molecule has 4 rings (SSSR count). The zero-order valence-corrected chi connectivity index (χ0v) is 21.8. The van der Waals surface area contributed by atoms with E-state index in [9.17, 15) is 9.59 Å². The number of anilines is 3. The average Bonchev–Trinajstić information content (AvgIpc) is 3.33. The Morgan fingerprint density at radius 1 is 1.06 bits per heavy atom. The second-order valence-electron chi connectivity index (χ2n) is 8.84. The molecule has 1 aliphatic rings. The largest absolute Gasteiger partial charge is 0.372 e. The van der Waals surface area contributed by atoms with Crippen LogP contribution in [0, 0.1) is 20.8 Å². The Kier molecular flexibility index (Phi) is 7.36. The van der Waals surface area contributed by atoms with Crippen molar-refractivity contribution < 1.29 is 9.59 Å². The van der Waals surface area contributed by atoms with Crippen molar-refractivity contribution in [3.8, 4) is 0 Å². The number of benzene rings is 2. The molecule has 0 saturated heterocycles. The third-order valence-corrected chi connectivity index (χ3v) is 7.40. The maximum atomic E-state index is 13.4. The molecular weight excluding hydrogens is 456 g/mol. The zero-order valence-electron chi connectivity index (χ0n) is 21.0. The number of carbonyl (C=O) groups is 2. The van der Waals surface area contributed by atoms with Crippen LogP contribution < -0.4 is 15.1 Å². The molecule has 6 nitrogen and oxygen atoms in total. The van der Waals surface area contributed by atoms with E-state index < -0.39 is 0 Å². The molecule has 7 heteroatoms. The van der Waals surface area contributed by atoms with Gasteiger partial charge in [0.05, 0.1) is 23.5 Å². The smallest absolute Gasteiger partial charge is 0.244 e. The van der Waals surface area contributed by atoms with Gasteiger partial charge in [0.2, 0.25) is 11.8 Å². The summed E-state index contributed by atoms with van der Waals surface area (Å²) in [5, 5.41) is 4.99. The average molecular weight is 489 g/mol. The van der Waals surface area contributed by atoms with Crippen molar-refractivity contribution >= 4 is 51.6 Å². The van der Waals surface area contributed by atoms with Gasteiger partial charge in [0, 0.05) is 29.3 Å². The molecule has 0 saturated carbocycles. The third kappa shape index (κ3) is 5.30. The molecule has 0 atom stereocenters. The fourth-order valence-corrected chi connectivity index (χ4v) is 5.03. The number of amides is 2. The second kappa shape index (κ2) is 10.4. The van der Waals surface area contributed by atoms with E-state index in [0.29, 0.717) is 5.69 Å². The summed E-state index contributed by atoms with van der Waals surface area (Å²) in [6, 6.07) is 13.9. The van der Waals surface area contributed by atoms with Gasteiger partial charge in [-0.3, -0.25) is 9.59 Å². The molecule has 1 aromatic heterocycles. The van der Waals surface area contributed by atoms with Crippen LogP contribution in [-0.4, -0.2) is 37.2 Å². The van der Waals surface area contributed by atoms with Crippen molar-refractivity contribution in [1.82, 2.24) is 0 Å². The minimum Gasteiger partial charge on any atom is -0.372 e. The van der Waals surface area contributed by atoms with Gasteiger partial charge in [-0.05, 0) is 93.1 Å². The summed E-state index contributed by atoms with van der Waals surface area (Å²) in [5.41, 5.74) is 7.15. The van der Waals surface area contributed by atoms with Gasteiger partial charge in [0.1, 0.15) is 6.54 Å². The van der Waals surface area contributed by atoms with E-state index in [1.807, 2.05) is 62.5 Å². The van der Waals surface area contributed by atoms with Crippen molar-refractivity contribution in [2.24, 2.45) is 4.99 Å². The molecule has 0 radical (unpaired) electrons. The lowest BCUT2D eigenvalue weighted by Crippen LogP contribution is -2.38. The fourth-order valence-electron chi connectivity index (χ4n) is 4.31. The highest BCUT2D eigenvalue weighted by Gasteiger charge is 2.28.